The molecule has 0 atom stereocenters. The molecule has 0 radical (unpaired) electrons. The van der Waals surface area contributed by atoms with Crippen molar-refractivity contribution < 1.29 is 0 Å². The number of thioether (sulfide) groups is 1. The minimum absolute atomic E-state index is 0. The van der Waals surface area contributed by atoms with Crippen molar-refractivity contribution in [3.05, 3.63) is 0 Å². The summed E-state index contributed by atoms with van der Waals surface area (Å²) < 4.78 is 1.63. The van der Waals surface area contributed by atoms with Crippen LogP contribution in [0.2, 0.25) is 0 Å². The summed E-state index contributed by atoms with van der Waals surface area (Å²) >= 11 is 1.56. The Bertz CT molecular complexity index is 202. The van der Waals surface area contributed by atoms with Gasteiger partial charge >= 0.3 is 0 Å². The van der Waals surface area contributed by atoms with Crippen molar-refractivity contribution in [1.29, 1.82) is 0 Å². The fraction of sp³-hybridized carbons (Fsp3) is 0.750. The number of aryl methyl sites for hydroxylation is 1. The molecule has 0 spiro atoms. The number of hydrogen-bond acceptors (Lipinski definition) is 5. The third-order valence-electron chi connectivity index (χ3n) is 0.930. The number of hydrogen-bond donors (Lipinski definition) is 1. The lowest BCUT2D eigenvalue weighted by Gasteiger charge is -1.93. The molecule has 0 aliphatic carbocycles. The zero-order chi connectivity index (χ0) is 7.40. The molecule has 0 unspecified atom stereocenters. The van der Waals surface area contributed by atoms with Gasteiger partial charge in [-0.2, -0.15) is 0 Å². The molecule has 1 heterocycles. The van der Waals surface area contributed by atoms with Crippen LogP contribution < -0.4 is 5.73 Å². The Morgan fingerprint density at radius 2 is 2.36 bits per heavy atom. The highest BCUT2D eigenvalue weighted by molar-refractivity contribution is 7.99. The monoisotopic (exact) mass is 195 g/mol. The predicted molar refractivity (Wildman–Crippen MR) is 45.8 cm³/mol. The molecule has 0 saturated carbocycles. The van der Waals surface area contributed by atoms with Gasteiger partial charge in [0.15, 0.2) is 0 Å². The van der Waals surface area contributed by atoms with E-state index in [1.165, 1.54) is 0 Å². The van der Waals surface area contributed by atoms with Gasteiger partial charge in [0.05, 0.1) is 0 Å². The number of rotatable bonds is 3. The van der Waals surface area contributed by atoms with Crippen LogP contribution in [0.25, 0.3) is 0 Å². The molecular formula is C4H10ClN5S. The van der Waals surface area contributed by atoms with E-state index in [2.05, 4.69) is 15.5 Å². The van der Waals surface area contributed by atoms with Crippen molar-refractivity contribution in [3.8, 4) is 0 Å². The summed E-state index contributed by atoms with van der Waals surface area (Å²) in [6.07, 6.45) is 0. The van der Waals surface area contributed by atoms with E-state index in [0.29, 0.717) is 6.54 Å². The Hall–Kier alpha value is -0.330. The van der Waals surface area contributed by atoms with E-state index in [0.717, 1.165) is 10.9 Å². The van der Waals surface area contributed by atoms with Crippen LogP contribution >= 0.6 is 24.2 Å². The highest BCUT2D eigenvalue weighted by atomic mass is 35.5. The van der Waals surface area contributed by atoms with Crippen LogP contribution in [0.15, 0.2) is 5.16 Å². The molecule has 1 aromatic rings. The SMILES string of the molecule is Cl.Cn1nnnc1SCCN. The van der Waals surface area contributed by atoms with Crippen LogP contribution in [0.3, 0.4) is 0 Å². The fourth-order valence-electron chi connectivity index (χ4n) is 0.494. The number of tetrazole rings is 1. The highest BCUT2D eigenvalue weighted by Gasteiger charge is 1.99. The van der Waals surface area contributed by atoms with E-state index in [4.69, 9.17) is 5.73 Å². The average molecular weight is 196 g/mol. The lowest BCUT2D eigenvalue weighted by atomic mass is 10.8. The van der Waals surface area contributed by atoms with Gasteiger partial charge in [0.25, 0.3) is 0 Å². The molecule has 2 N–H and O–H groups in total. The first-order valence-corrected chi connectivity index (χ1v) is 3.88. The zero-order valence-electron chi connectivity index (χ0n) is 6.10. The van der Waals surface area contributed by atoms with E-state index in [-0.39, 0.29) is 12.4 Å². The fourth-order valence-corrected chi connectivity index (χ4v) is 1.11. The minimum atomic E-state index is 0. The molecule has 0 saturated heterocycles. The third kappa shape index (κ3) is 3.04. The van der Waals surface area contributed by atoms with Crippen LogP contribution in [0.1, 0.15) is 0 Å². The van der Waals surface area contributed by atoms with E-state index >= 15 is 0 Å². The summed E-state index contributed by atoms with van der Waals surface area (Å²) in [5, 5.41) is 11.7. The van der Waals surface area contributed by atoms with Crippen molar-refractivity contribution >= 4 is 24.2 Å². The van der Waals surface area contributed by atoms with E-state index in [1.807, 2.05) is 0 Å². The quantitative estimate of drug-likeness (QED) is 0.670. The maximum Gasteiger partial charge on any atom is 0.209 e. The van der Waals surface area contributed by atoms with Gasteiger partial charge in [-0.15, -0.1) is 17.5 Å². The second-order valence-electron chi connectivity index (χ2n) is 1.72. The molecular weight excluding hydrogens is 186 g/mol. The Labute approximate surface area is 75.1 Å². The normalized spacial score (nSPS) is 9.27. The van der Waals surface area contributed by atoms with Gasteiger partial charge in [-0.3, -0.25) is 0 Å². The summed E-state index contributed by atoms with van der Waals surface area (Å²) in [5.41, 5.74) is 5.30. The van der Waals surface area contributed by atoms with Crippen LogP contribution in [-0.4, -0.2) is 32.5 Å². The van der Waals surface area contributed by atoms with Gasteiger partial charge in [0.2, 0.25) is 5.16 Å². The van der Waals surface area contributed by atoms with Crippen molar-refractivity contribution in [2.45, 2.75) is 5.16 Å². The Kier molecular flexibility index (Phi) is 5.18. The first kappa shape index (κ1) is 10.7. The molecule has 11 heavy (non-hydrogen) atoms. The predicted octanol–water partition coefficient (Wildman–Crippen LogP) is -0.317. The standard InChI is InChI=1S/C4H9N5S.ClH/c1-9-4(6-7-8-9)10-3-2-5;/h2-3,5H2,1H3;1H. The van der Waals surface area contributed by atoms with Gasteiger partial charge in [-0.25, -0.2) is 4.68 Å². The number of halogens is 1. The summed E-state index contributed by atoms with van der Waals surface area (Å²) in [4.78, 5) is 0. The molecule has 0 aliphatic heterocycles. The maximum atomic E-state index is 5.30. The second kappa shape index (κ2) is 5.34. The molecule has 0 aliphatic rings. The van der Waals surface area contributed by atoms with Crippen molar-refractivity contribution in [3.63, 3.8) is 0 Å². The number of nitrogens with two attached hydrogens (primary N) is 1. The van der Waals surface area contributed by atoms with Crippen LogP contribution in [0.4, 0.5) is 0 Å². The van der Waals surface area contributed by atoms with Gasteiger partial charge in [0.1, 0.15) is 0 Å². The van der Waals surface area contributed by atoms with Crippen LogP contribution in [0, 0.1) is 0 Å². The van der Waals surface area contributed by atoms with Crippen LogP contribution in [-0.2, 0) is 7.05 Å². The molecule has 0 bridgehead atoms. The number of aromatic nitrogens is 4. The second-order valence-corrected chi connectivity index (χ2v) is 2.78. The van der Waals surface area contributed by atoms with Gasteiger partial charge < -0.3 is 5.73 Å². The van der Waals surface area contributed by atoms with Gasteiger partial charge in [0, 0.05) is 19.3 Å². The zero-order valence-corrected chi connectivity index (χ0v) is 7.73. The van der Waals surface area contributed by atoms with E-state index in [9.17, 15) is 0 Å². The lowest BCUT2D eigenvalue weighted by Crippen LogP contribution is -2.02. The molecule has 1 rings (SSSR count). The first-order chi connectivity index (χ1) is 4.84. The Morgan fingerprint density at radius 3 is 2.82 bits per heavy atom. The number of nitrogens with zero attached hydrogens (tertiary/aromatic N) is 4. The smallest absolute Gasteiger partial charge is 0.209 e. The van der Waals surface area contributed by atoms with Gasteiger partial charge in [-0.1, -0.05) is 11.8 Å². The van der Waals surface area contributed by atoms with E-state index < -0.39 is 0 Å². The molecule has 0 amide bonds. The summed E-state index contributed by atoms with van der Waals surface area (Å²) in [7, 11) is 1.80. The molecule has 64 valence electrons. The molecule has 5 nitrogen and oxygen atoms in total. The average Bonchev–Trinajstić information content (AvgIpc) is 2.31. The molecule has 1 aromatic heterocycles. The van der Waals surface area contributed by atoms with Crippen LogP contribution in [0.5, 0.6) is 0 Å². The minimum Gasteiger partial charge on any atom is -0.330 e. The van der Waals surface area contributed by atoms with Crippen molar-refractivity contribution in [2.24, 2.45) is 12.8 Å². The lowest BCUT2D eigenvalue weighted by molar-refractivity contribution is 0.664. The van der Waals surface area contributed by atoms with Crippen molar-refractivity contribution in [1.82, 2.24) is 20.2 Å². The summed E-state index contributed by atoms with van der Waals surface area (Å²) in [6, 6.07) is 0. The molecule has 7 heteroatoms. The summed E-state index contributed by atoms with van der Waals surface area (Å²) in [6.45, 7) is 0.650. The molecule has 0 fully saturated rings. The highest BCUT2D eigenvalue weighted by Crippen LogP contribution is 2.09. The topological polar surface area (TPSA) is 69.6 Å². The third-order valence-corrected chi connectivity index (χ3v) is 1.97. The maximum absolute atomic E-state index is 5.30. The Morgan fingerprint density at radius 1 is 1.64 bits per heavy atom. The van der Waals surface area contributed by atoms with Gasteiger partial charge in [-0.05, 0) is 10.4 Å². The van der Waals surface area contributed by atoms with E-state index in [1.54, 1.807) is 23.5 Å². The molecule has 0 aromatic carbocycles. The first-order valence-electron chi connectivity index (χ1n) is 2.90. The van der Waals surface area contributed by atoms with Crippen molar-refractivity contribution in [2.75, 3.05) is 12.3 Å². The summed E-state index contributed by atoms with van der Waals surface area (Å²) in [5.74, 6) is 0.855. The largest absolute Gasteiger partial charge is 0.330 e. The Balaban J connectivity index is 0.000001000.